The summed E-state index contributed by atoms with van der Waals surface area (Å²) in [6.07, 6.45) is 1.13. The molecule has 3 aromatic rings. The molecule has 1 aromatic heterocycles. The monoisotopic (exact) mass is 298 g/mol. The predicted octanol–water partition coefficient (Wildman–Crippen LogP) is 4.15. The number of aromatic nitrogens is 1. The fourth-order valence-electron chi connectivity index (χ4n) is 3.16. The van der Waals surface area contributed by atoms with E-state index in [0.29, 0.717) is 0 Å². The summed E-state index contributed by atoms with van der Waals surface area (Å²) in [5, 5.41) is 1.39. The van der Waals surface area contributed by atoms with Crippen LogP contribution in [0.15, 0.2) is 54.6 Å². The Balaban J connectivity index is 0.00000132. The van der Waals surface area contributed by atoms with Crippen molar-refractivity contribution < 1.29 is 0 Å². The third-order valence-electron chi connectivity index (χ3n) is 4.22. The molecule has 21 heavy (non-hydrogen) atoms. The second-order valence-corrected chi connectivity index (χ2v) is 5.57. The van der Waals surface area contributed by atoms with Crippen molar-refractivity contribution in [3.8, 4) is 0 Å². The van der Waals surface area contributed by atoms with E-state index in [4.69, 9.17) is 0 Å². The fourth-order valence-corrected chi connectivity index (χ4v) is 3.16. The lowest BCUT2D eigenvalue weighted by Gasteiger charge is -2.15. The van der Waals surface area contributed by atoms with Crippen molar-refractivity contribution in [2.45, 2.75) is 19.5 Å². The number of hydrogen-bond acceptors (Lipinski definition) is 1. The maximum atomic E-state index is 3.56. The van der Waals surface area contributed by atoms with E-state index in [-0.39, 0.29) is 12.4 Å². The van der Waals surface area contributed by atoms with Crippen molar-refractivity contribution >= 4 is 23.3 Å². The molecule has 1 N–H and O–H groups in total. The summed E-state index contributed by atoms with van der Waals surface area (Å²) in [6.45, 7) is 3.25. The molecule has 0 fully saturated rings. The number of H-pyrrole nitrogens is 1. The molecule has 1 aliphatic rings. The number of nitrogens with one attached hydrogen (secondary N) is 1. The molecule has 0 bridgehead atoms. The van der Waals surface area contributed by atoms with Crippen LogP contribution in [-0.2, 0) is 19.5 Å². The van der Waals surface area contributed by atoms with Gasteiger partial charge in [-0.1, -0.05) is 48.5 Å². The average molecular weight is 299 g/mol. The quantitative estimate of drug-likeness (QED) is 0.770. The summed E-state index contributed by atoms with van der Waals surface area (Å²) in [5.41, 5.74) is 5.60. The molecule has 4 rings (SSSR count). The summed E-state index contributed by atoms with van der Waals surface area (Å²) in [4.78, 5) is 6.09. The average Bonchev–Trinajstić information content (AvgIpc) is 3.03. The van der Waals surface area contributed by atoms with Crippen LogP contribution in [-0.4, -0.2) is 16.4 Å². The molecule has 0 saturated heterocycles. The lowest BCUT2D eigenvalue weighted by atomic mass is 10.1. The molecule has 2 heterocycles. The van der Waals surface area contributed by atoms with Gasteiger partial charge in [-0.2, -0.15) is 0 Å². The van der Waals surface area contributed by atoms with Crippen molar-refractivity contribution in [3.05, 3.63) is 71.4 Å². The number of hydrogen-bond donors (Lipinski definition) is 1. The second kappa shape index (κ2) is 5.92. The van der Waals surface area contributed by atoms with E-state index in [9.17, 15) is 0 Å². The van der Waals surface area contributed by atoms with Crippen molar-refractivity contribution in [1.82, 2.24) is 9.88 Å². The van der Waals surface area contributed by atoms with Crippen LogP contribution in [0.1, 0.15) is 16.8 Å². The fraction of sp³-hybridized carbons (Fsp3) is 0.222. The highest BCUT2D eigenvalue weighted by molar-refractivity contribution is 5.85. The van der Waals surface area contributed by atoms with Gasteiger partial charge in [-0.25, -0.2) is 0 Å². The van der Waals surface area contributed by atoms with E-state index >= 15 is 0 Å². The van der Waals surface area contributed by atoms with Gasteiger partial charge in [0.25, 0.3) is 0 Å². The Hall–Kier alpha value is -1.77. The molecule has 0 saturated carbocycles. The summed E-state index contributed by atoms with van der Waals surface area (Å²) in [7, 11) is 0. The van der Waals surface area contributed by atoms with Gasteiger partial charge in [-0.3, -0.25) is 4.90 Å². The van der Waals surface area contributed by atoms with Crippen molar-refractivity contribution in [1.29, 1.82) is 0 Å². The van der Waals surface area contributed by atoms with E-state index in [1.807, 2.05) is 0 Å². The van der Waals surface area contributed by atoms with Gasteiger partial charge in [-0.05, 0) is 23.6 Å². The Morgan fingerprint density at radius 2 is 1.67 bits per heavy atom. The first kappa shape index (κ1) is 14.2. The molecule has 0 amide bonds. The Morgan fingerprint density at radius 1 is 0.905 bits per heavy atom. The largest absolute Gasteiger partial charge is 0.357 e. The number of aromatic amines is 1. The maximum Gasteiger partial charge on any atom is 0.0459 e. The summed E-state index contributed by atoms with van der Waals surface area (Å²) in [5.74, 6) is 0. The summed E-state index contributed by atoms with van der Waals surface area (Å²) in [6, 6.07) is 19.4. The zero-order valence-electron chi connectivity index (χ0n) is 11.9. The first-order chi connectivity index (χ1) is 9.90. The maximum absolute atomic E-state index is 3.56. The van der Waals surface area contributed by atoms with Crippen LogP contribution in [0.2, 0.25) is 0 Å². The van der Waals surface area contributed by atoms with E-state index in [1.54, 1.807) is 0 Å². The third kappa shape index (κ3) is 2.69. The van der Waals surface area contributed by atoms with Crippen molar-refractivity contribution in [2.75, 3.05) is 6.54 Å². The van der Waals surface area contributed by atoms with Crippen LogP contribution in [0.25, 0.3) is 10.9 Å². The third-order valence-corrected chi connectivity index (χ3v) is 4.22. The highest BCUT2D eigenvalue weighted by atomic mass is 35.5. The summed E-state index contributed by atoms with van der Waals surface area (Å²) < 4.78 is 0. The van der Waals surface area contributed by atoms with Gasteiger partial charge in [0.05, 0.1) is 0 Å². The Labute approximate surface area is 131 Å². The number of rotatable bonds is 3. The van der Waals surface area contributed by atoms with Gasteiger partial charge in [0.2, 0.25) is 0 Å². The molecule has 2 nitrogen and oxygen atoms in total. The Kier molecular flexibility index (Phi) is 4.00. The lowest BCUT2D eigenvalue weighted by molar-refractivity contribution is 0.286. The molecule has 0 unspecified atom stereocenters. The van der Waals surface area contributed by atoms with Crippen molar-refractivity contribution in [2.24, 2.45) is 0 Å². The number of benzene rings is 2. The minimum Gasteiger partial charge on any atom is -0.357 e. The summed E-state index contributed by atoms with van der Waals surface area (Å²) >= 11 is 0. The number of halogens is 1. The van der Waals surface area contributed by atoms with Gasteiger partial charge in [0, 0.05) is 36.2 Å². The second-order valence-electron chi connectivity index (χ2n) is 5.57. The molecule has 0 spiro atoms. The normalized spacial score (nSPS) is 14.1. The zero-order valence-corrected chi connectivity index (χ0v) is 12.7. The lowest BCUT2D eigenvalue weighted by Crippen LogP contribution is -2.19. The molecule has 3 heteroatoms. The SMILES string of the molecule is Cl.c1ccc(CCN2Cc3[nH]c4ccccc4c3C2)cc1. The van der Waals surface area contributed by atoms with Crippen LogP contribution in [0.4, 0.5) is 0 Å². The van der Waals surface area contributed by atoms with Gasteiger partial charge in [0.1, 0.15) is 0 Å². The van der Waals surface area contributed by atoms with Crippen LogP contribution in [0.5, 0.6) is 0 Å². The molecule has 2 aromatic carbocycles. The van der Waals surface area contributed by atoms with Gasteiger partial charge < -0.3 is 4.98 Å². The Morgan fingerprint density at radius 3 is 2.52 bits per heavy atom. The van der Waals surface area contributed by atoms with E-state index in [1.165, 1.54) is 27.7 Å². The van der Waals surface area contributed by atoms with Crippen LogP contribution in [0, 0.1) is 0 Å². The molecule has 0 radical (unpaired) electrons. The molecule has 108 valence electrons. The van der Waals surface area contributed by atoms with Crippen LogP contribution >= 0.6 is 12.4 Å². The smallest absolute Gasteiger partial charge is 0.0459 e. The highest BCUT2D eigenvalue weighted by Crippen LogP contribution is 2.30. The van der Waals surface area contributed by atoms with E-state index in [0.717, 1.165) is 26.1 Å². The van der Waals surface area contributed by atoms with E-state index < -0.39 is 0 Å². The first-order valence-electron chi connectivity index (χ1n) is 7.25. The van der Waals surface area contributed by atoms with Gasteiger partial charge >= 0.3 is 0 Å². The minimum atomic E-state index is 0. The molecule has 0 atom stereocenters. The van der Waals surface area contributed by atoms with Gasteiger partial charge in [0.15, 0.2) is 0 Å². The number of nitrogens with zero attached hydrogens (tertiary/aromatic N) is 1. The molecular formula is C18H19ClN2. The first-order valence-corrected chi connectivity index (χ1v) is 7.25. The number of para-hydroxylation sites is 1. The zero-order chi connectivity index (χ0) is 13.4. The topological polar surface area (TPSA) is 19.0 Å². The molecule has 1 aliphatic heterocycles. The standard InChI is InChI=1S/C18H18N2.ClH/c1-2-6-14(7-3-1)10-11-20-12-16-15-8-4-5-9-17(15)19-18(16)13-20;/h1-9,19H,10-13H2;1H. The molecular weight excluding hydrogens is 280 g/mol. The highest BCUT2D eigenvalue weighted by Gasteiger charge is 2.22. The van der Waals surface area contributed by atoms with Crippen molar-refractivity contribution in [3.63, 3.8) is 0 Å². The minimum absolute atomic E-state index is 0. The Bertz CT molecular complexity index is 733. The van der Waals surface area contributed by atoms with Gasteiger partial charge in [-0.15, -0.1) is 12.4 Å². The predicted molar refractivity (Wildman–Crippen MR) is 89.8 cm³/mol. The van der Waals surface area contributed by atoms with Crippen LogP contribution < -0.4 is 0 Å². The van der Waals surface area contributed by atoms with E-state index in [2.05, 4.69) is 64.5 Å². The molecule has 0 aliphatic carbocycles. The van der Waals surface area contributed by atoms with Crippen LogP contribution in [0.3, 0.4) is 0 Å². The number of fused-ring (bicyclic) bond motifs is 3.